The van der Waals surface area contributed by atoms with Gasteiger partial charge in [-0.2, -0.15) is 4.31 Å². The smallest absolute Gasteiger partial charge is 0.407 e. The topological polar surface area (TPSA) is 132 Å². The van der Waals surface area contributed by atoms with Crippen LogP contribution in [0.5, 0.6) is 5.75 Å². The minimum Gasteiger partial charge on any atom is -0.497 e. The first-order valence-electron chi connectivity index (χ1n) is 18.5. The minimum atomic E-state index is -3.86. The van der Waals surface area contributed by atoms with Gasteiger partial charge in [-0.1, -0.05) is 93.6 Å². The maximum atomic E-state index is 14.1. The van der Waals surface area contributed by atoms with E-state index in [1.54, 1.807) is 32.9 Å². The molecule has 2 atom stereocenters. The van der Waals surface area contributed by atoms with Crippen molar-refractivity contribution in [3.05, 3.63) is 126 Å². The molecule has 55 heavy (non-hydrogen) atoms. The zero-order valence-electron chi connectivity index (χ0n) is 32.9. The largest absolute Gasteiger partial charge is 0.497 e. The Kier molecular flexibility index (Phi) is 15.9. The molecule has 0 fully saturated rings. The van der Waals surface area contributed by atoms with Crippen molar-refractivity contribution in [3.8, 4) is 5.75 Å². The third kappa shape index (κ3) is 14.4. The third-order valence-electron chi connectivity index (χ3n) is 8.54. The Balaban J connectivity index is 1.49. The third-order valence-corrected chi connectivity index (χ3v) is 12.2. The Hall–Kier alpha value is -4.19. The maximum absolute atomic E-state index is 14.1. The molecule has 2 N–H and O–H groups in total. The van der Waals surface area contributed by atoms with Crippen LogP contribution < -0.4 is 15.4 Å². The van der Waals surface area contributed by atoms with E-state index in [1.165, 1.54) is 23.5 Å². The summed E-state index contributed by atoms with van der Waals surface area (Å²) in [6.45, 7) is 12.2. The number of hydrogen-bond donors (Lipinski definition) is 2. The monoisotopic (exact) mass is 793 g/mol. The molecule has 1 amide bonds. The normalized spacial score (nSPS) is 13.3. The van der Waals surface area contributed by atoms with Crippen LogP contribution in [0.2, 0.25) is 0 Å². The molecule has 0 unspecified atom stereocenters. The van der Waals surface area contributed by atoms with Crippen LogP contribution in [-0.2, 0) is 47.7 Å². The van der Waals surface area contributed by atoms with E-state index in [9.17, 15) is 17.8 Å². The van der Waals surface area contributed by atoms with Gasteiger partial charge in [-0.25, -0.2) is 13.2 Å². The summed E-state index contributed by atoms with van der Waals surface area (Å²) in [7, 11) is -5.91. The highest BCUT2D eigenvalue weighted by Crippen LogP contribution is 2.53. The van der Waals surface area contributed by atoms with Gasteiger partial charge in [0.05, 0.1) is 37.4 Å². The lowest BCUT2D eigenvalue weighted by Gasteiger charge is -2.32. The highest BCUT2D eigenvalue weighted by molar-refractivity contribution is 7.89. The van der Waals surface area contributed by atoms with Gasteiger partial charge in [-0.3, -0.25) is 4.57 Å². The Morgan fingerprint density at radius 3 is 1.80 bits per heavy atom. The van der Waals surface area contributed by atoms with E-state index in [1.807, 2.05) is 106 Å². The van der Waals surface area contributed by atoms with Crippen molar-refractivity contribution in [2.24, 2.45) is 11.8 Å². The average Bonchev–Trinajstić information content (AvgIpc) is 3.15. The number of alkyl carbamates (subject to hydrolysis) is 1. The van der Waals surface area contributed by atoms with Gasteiger partial charge >= 0.3 is 13.7 Å². The Morgan fingerprint density at radius 2 is 1.31 bits per heavy atom. The molecule has 0 bridgehead atoms. The molecule has 298 valence electrons. The maximum Gasteiger partial charge on any atom is 0.407 e. The number of anilines is 1. The Bertz CT molecular complexity index is 1870. The predicted octanol–water partition coefficient (Wildman–Crippen LogP) is 9.11. The molecular weight excluding hydrogens is 738 g/mol. The van der Waals surface area contributed by atoms with Gasteiger partial charge in [0, 0.05) is 25.3 Å². The second kappa shape index (κ2) is 20.1. The molecule has 4 aromatic rings. The number of benzene rings is 4. The van der Waals surface area contributed by atoms with Crippen LogP contribution in [0.1, 0.15) is 58.2 Å². The van der Waals surface area contributed by atoms with Crippen LogP contribution in [0.25, 0.3) is 0 Å². The highest BCUT2D eigenvalue weighted by atomic mass is 32.2. The second-order valence-corrected chi connectivity index (χ2v) is 19.0. The van der Waals surface area contributed by atoms with E-state index in [0.717, 1.165) is 22.4 Å². The number of carbonyl (C=O) groups is 1. The summed E-state index contributed by atoms with van der Waals surface area (Å²) >= 11 is 0. The van der Waals surface area contributed by atoms with Gasteiger partial charge in [0.1, 0.15) is 11.4 Å². The zero-order valence-corrected chi connectivity index (χ0v) is 34.6. The van der Waals surface area contributed by atoms with Crippen LogP contribution in [-0.4, -0.2) is 57.2 Å². The van der Waals surface area contributed by atoms with E-state index >= 15 is 0 Å². The molecule has 11 nitrogen and oxygen atoms in total. The van der Waals surface area contributed by atoms with Crippen molar-refractivity contribution in [1.82, 2.24) is 9.62 Å². The van der Waals surface area contributed by atoms with Gasteiger partial charge < -0.3 is 29.2 Å². The number of nitrogens with one attached hydrogen (secondary N) is 2. The molecule has 0 spiro atoms. The molecule has 0 aliphatic carbocycles. The number of nitrogens with zero attached hydrogens (tertiary/aromatic N) is 1. The highest BCUT2D eigenvalue weighted by Gasteiger charge is 2.31. The quantitative estimate of drug-likeness (QED) is 0.0841. The van der Waals surface area contributed by atoms with Crippen molar-refractivity contribution < 1.29 is 36.3 Å². The van der Waals surface area contributed by atoms with Gasteiger partial charge in [0.15, 0.2) is 0 Å². The molecular formula is C42H56N3O8PS. The van der Waals surface area contributed by atoms with Gasteiger partial charge in [0.25, 0.3) is 0 Å². The average molecular weight is 794 g/mol. The Labute approximate surface area is 327 Å². The van der Waals surface area contributed by atoms with E-state index in [4.69, 9.17) is 18.5 Å². The summed E-state index contributed by atoms with van der Waals surface area (Å²) in [6, 6.07) is 32.3. The molecule has 0 saturated heterocycles. The molecule has 4 aromatic carbocycles. The fourth-order valence-corrected chi connectivity index (χ4v) is 8.99. The van der Waals surface area contributed by atoms with Crippen molar-refractivity contribution in [2.45, 2.75) is 77.5 Å². The predicted molar refractivity (Wildman–Crippen MR) is 218 cm³/mol. The minimum absolute atomic E-state index is 0.0527. The number of carbonyl (C=O) groups excluding carboxylic acids is 1. The van der Waals surface area contributed by atoms with Crippen molar-refractivity contribution in [3.63, 3.8) is 0 Å². The summed E-state index contributed by atoms with van der Waals surface area (Å²) in [5.41, 5.74) is 2.57. The molecule has 0 saturated carbocycles. The summed E-state index contributed by atoms with van der Waals surface area (Å²) in [6.07, 6.45) is -0.530. The summed E-state index contributed by atoms with van der Waals surface area (Å²) in [5.74, 6) is 0.280. The van der Waals surface area contributed by atoms with Crippen LogP contribution >= 0.6 is 7.60 Å². The van der Waals surface area contributed by atoms with Gasteiger partial charge in [-0.15, -0.1) is 0 Å². The summed E-state index contributed by atoms with van der Waals surface area (Å²) in [5, 5.41) is 6.37. The second-order valence-electron chi connectivity index (χ2n) is 15.0. The molecule has 13 heteroatoms. The number of rotatable bonds is 20. The molecule has 4 rings (SSSR count). The number of sulfonamides is 1. The number of methoxy groups -OCH3 is 1. The van der Waals surface area contributed by atoms with Gasteiger partial charge in [0.2, 0.25) is 10.0 Å². The fraction of sp³-hybridized carbons (Fsp3) is 0.405. The number of ether oxygens (including phenoxy) is 2. The van der Waals surface area contributed by atoms with Crippen molar-refractivity contribution >= 4 is 29.4 Å². The number of amides is 1. The fourth-order valence-electron chi connectivity index (χ4n) is 5.68. The standard InChI is InChI=1S/C42H56N3O8PS/c1-32(2)27-45(55(48,49)39-24-22-38(50-7)23-25-39)28-33(3)40(44-41(46)53-42(4,5)6)26-43-37-20-18-36(19-21-37)31-54(47,51-29-34-14-10-8-11-15-34)52-30-35-16-12-9-13-17-35/h8-25,32-33,40,43H,26-31H2,1-7H3,(H,44,46)/t33-,40+/m1/s1. The van der Waals surface area contributed by atoms with E-state index in [2.05, 4.69) is 10.6 Å². The first-order valence-corrected chi connectivity index (χ1v) is 21.6. The Morgan fingerprint density at radius 1 is 0.764 bits per heavy atom. The van der Waals surface area contributed by atoms with Crippen molar-refractivity contribution in [2.75, 3.05) is 32.1 Å². The summed E-state index contributed by atoms with van der Waals surface area (Å²) < 4.78 is 66.1. The van der Waals surface area contributed by atoms with Crippen LogP contribution in [0.4, 0.5) is 10.5 Å². The molecule has 0 heterocycles. The first-order chi connectivity index (χ1) is 26.0. The SMILES string of the molecule is COc1ccc(S(=O)(=O)N(CC(C)C)C[C@@H](C)[C@H](CNc2ccc(CP(=O)(OCc3ccccc3)OCc3ccccc3)cc2)NC(=O)OC(C)(C)C)cc1. The molecule has 0 aliphatic heterocycles. The lowest BCUT2D eigenvalue weighted by molar-refractivity contribution is 0.0488. The van der Waals surface area contributed by atoms with E-state index < -0.39 is 35.4 Å². The first kappa shape index (κ1) is 43.5. The van der Waals surface area contributed by atoms with Crippen molar-refractivity contribution in [1.29, 1.82) is 0 Å². The molecule has 0 radical (unpaired) electrons. The molecule has 0 aliphatic rings. The van der Waals surface area contributed by atoms with E-state index in [-0.39, 0.29) is 49.2 Å². The lowest BCUT2D eigenvalue weighted by atomic mass is 10.0. The molecule has 0 aromatic heterocycles. The zero-order chi connectivity index (χ0) is 40.1. The van der Waals surface area contributed by atoms with Crippen LogP contribution in [0, 0.1) is 11.8 Å². The van der Waals surface area contributed by atoms with Crippen LogP contribution in [0.3, 0.4) is 0 Å². The van der Waals surface area contributed by atoms with Crippen LogP contribution in [0.15, 0.2) is 114 Å². The lowest BCUT2D eigenvalue weighted by Crippen LogP contribution is -2.50. The number of hydrogen-bond acceptors (Lipinski definition) is 9. The van der Waals surface area contributed by atoms with Gasteiger partial charge in [-0.05, 0) is 85.7 Å². The summed E-state index contributed by atoms with van der Waals surface area (Å²) in [4.78, 5) is 13.2. The van der Waals surface area contributed by atoms with E-state index in [0.29, 0.717) is 12.3 Å².